The van der Waals surface area contributed by atoms with Gasteiger partial charge in [-0.15, -0.1) is 0 Å². The highest BCUT2D eigenvalue weighted by atomic mass is 16.6. The zero-order valence-electron chi connectivity index (χ0n) is 11.2. The summed E-state index contributed by atoms with van der Waals surface area (Å²) in [6, 6.07) is 0. The van der Waals surface area contributed by atoms with Crippen LogP contribution in [0.4, 0.5) is 0 Å². The summed E-state index contributed by atoms with van der Waals surface area (Å²) in [6.07, 6.45) is 0.650. The van der Waals surface area contributed by atoms with Crippen LogP contribution in [0, 0.1) is 0 Å². The zero-order valence-corrected chi connectivity index (χ0v) is 11.2. The Morgan fingerprint density at radius 2 is 1.74 bits per heavy atom. The van der Waals surface area contributed by atoms with Crippen LogP contribution >= 0.6 is 0 Å². The Labute approximate surface area is 111 Å². The van der Waals surface area contributed by atoms with Gasteiger partial charge in [0.25, 0.3) is 0 Å². The number of aliphatic hydroxyl groups is 1. The number of ether oxygens (including phenoxy) is 2. The number of carbonyl (C=O) groups is 3. The lowest BCUT2D eigenvalue weighted by Crippen LogP contribution is -2.15. The maximum atomic E-state index is 10.8. The molecule has 0 aromatic heterocycles. The second-order valence-electron chi connectivity index (χ2n) is 3.39. The van der Waals surface area contributed by atoms with E-state index in [1.54, 1.807) is 0 Å². The lowest BCUT2D eigenvalue weighted by Gasteiger charge is -2.01. The van der Waals surface area contributed by atoms with Gasteiger partial charge in [0.2, 0.25) is 0 Å². The molecular weight excluding hydrogens is 256 g/mol. The Balaban J connectivity index is 0. The normalized spacial score (nSPS) is 9.00. The number of esters is 2. The summed E-state index contributed by atoms with van der Waals surface area (Å²) in [7, 11) is 0. The number of carboxylic acids is 1. The lowest BCUT2D eigenvalue weighted by atomic mass is 10.3. The largest absolute Gasteiger partial charge is 0.478 e. The second-order valence-corrected chi connectivity index (χ2v) is 3.39. The molecule has 0 spiro atoms. The van der Waals surface area contributed by atoms with E-state index in [-0.39, 0.29) is 12.0 Å². The van der Waals surface area contributed by atoms with Gasteiger partial charge >= 0.3 is 17.9 Å². The summed E-state index contributed by atoms with van der Waals surface area (Å²) in [5.74, 6) is -2.48. The first-order valence-electron chi connectivity index (χ1n) is 5.66. The highest BCUT2D eigenvalue weighted by Gasteiger charge is 2.07. The molecule has 0 aliphatic carbocycles. The molecule has 0 aliphatic rings. The molecule has 0 rings (SSSR count). The van der Waals surface area contributed by atoms with E-state index in [4.69, 9.17) is 14.9 Å². The average molecular weight is 276 g/mol. The van der Waals surface area contributed by atoms with Crippen molar-refractivity contribution in [2.75, 3.05) is 19.8 Å². The highest BCUT2D eigenvalue weighted by molar-refractivity contribution is 5.85. The molecule has 0 saturated heterocycles. The number of rotatable bonds is 7. The van der Waals surface area contributed by atoms with Gasteiger partial charge in [-0.2, -0.15) is 0 Å². The van der Waals surface area contributed by atoms with E-state index in [1.165, 1.54) is 6.92 Å². The first-order valence-corrected chi connectivity index (χ1v) is 5.66. The Hall–Kier alpha value is -1.73. The maximum absolute atomic E-state index is 10.8. The van der Waals surface area contributed by atoms with Gasteiger partial charge in [0.05, 0.1) is 0 Å². The minimum Gasteiger partial charge on any atom is -0.478 e. The highest BCUT2D eigenvalue weighted by Crippen LogP contribution is 1.94. The van der Waals surface area contributed by atoms with Crippen LogP contribution in [0.2, 0.25) is 0 Å². The van der Waals surface area contributed by atoms with Crippen molar-refractivity contribution in [2.45, 2.75) is 26.7 Å². The van der Waals surface area contributed by atoms with E-state index in [1.807, 2.05) is 6.92 Å². The second kappa shape index (κ2) is 12.7. The van der Waals surface area contributed by atoms with Crippen LogP contribution in [0.1, 0.15) is 26.7 Å². The third-order valence-electron chi connectivity index (χ3n) is 1.60. The van der Waals surface area contributed by atoms with Crippen LogP contribution in [-0.2, 0) is 23.9 Å². The van der Waals surface area contributed by atoms with Gasteiger partial charge in [0, 0.05) is 25.2 Å². The third kappa shape index (κ3) is 16.3. The van der Waals surface area contributed by atoms with Gasteiger partial charge in [-0.25, -0.2) is 9.59 Å². The van der Waals surface area contributed by atoms with Crippen LogP contribution in [0.25, 0.3) is 0 Å². The Bertz CT molecular complexity index is 297. The fourth-order valence-electron chi connectivity index (χ4n) is 0.673. The summed E-state index contributed by atoms with van der Waals surface area (Å²) < 4.78 is 9.17. The fourth-order valence-corrected chi connectivity index (χ4v) is 0.673. The number of hydrogen-bond donors (Lipinski definition) is 2. The molecule has 0 aliphatic heterocycles. The standard InChI is InChI=1S/C8H14O5.C4H6O2/c1-2-12-5-3-4-7(10)13-8(11)6-9;1-3(2)4(5)6/h9H,2-6H2,1H3;1H2,2H3,(H,5,6). The van der Waals surface area contributed by atoms with Gasteiger partial charge in [-0.05, 0) is 20.3 Å². The molecule has 0 saturated carbocycles. The van der Waals surface area contributed by atoms with Gasteiger partial charge in [-0.1, -0.05) is 6.58 Å². The number of aliphatic carboxylic acids is 1. The molecule has 7 nitrogen and oxygen atoms in total. The molecule has 0 unspecified atom stereocenters. The maximum Gasteiger partial charge on any atom is 0.339 e. The van der Waals surface area contributed by atoms with Gasteiger partial charge in [0.1, 0.15) is 6.61 Å². The predicted molar refractivity (Wildman–Crippen MR) is 66.4 cm³/mol. The first kappa shape index (κ1) is 19.6. The predicted octanol–water partition coefficient (Wildman–Crippen LogP) is 0.512. The Morgan fingerprint density at radius 3 is 2.11 bits per heavy atom. The number of aliphatic hydroxyl groups excluding tert-OH is 1. The van der Waals surface area contributed by atoms with Gasteiger partial charge in [-0.3, -0.25) is 4.79 Å². The first-order chi connectivity index (χ1) is 8.84. The van der Waals surface area contributed by atoms with Gasteiger partial charge in [0.15, 0.2) is 0 Å². The van der Waals surface area contributed by atoms with Crippen molar-refractivity contribution in [3.05, 3.63) is 12.2 Å². The monoisotopic (exact) mass is 276 g/mol. The molecule has 0 bridgehead atoms. The van der Waals surface area contributed by atoms with Crippen molar-refractivity contribution in [1.82, 2.24) is 0 Å². The van der Waals surface area contributed by atoms with Crippen LogP contribution in [0.5, 0.6) is 0 Å². The number of carboxylic acid groups (broad SMARTS) is 1. The van der Waals surface area contributed by atoms with E-state index >= 15 is 0 Å². The van der Waals surface area contributed by atoms with Gasteiger partial charge < -0.3 is 19.7 Å². The zero-order chi connectivity index (χ0) is 15.3. The van der Waals surface area contributed by atoms with Crippen LogP contribution < -0.4 is 0 Å². The van der Waals surface area contributed by atoms with E-state index in [9.17, 15) is 14.4 Å². The molecule has 7 heteroatoms. The summed E-state index contributed by atoms with van der Waals surface area (Å²) in [5, 5.41) is 16.1. The Kier molecular flexibility index (Phi) is 13.1. The molecule has 2 N–H and O–H groups in total. The van der Waals surface area contributed by atoms with Crippen molar-refractivity contribution >= 4 is 17.9 Å². The summed E-state index contributed by atoms with van der Waals surface area (Å²) in [4.78, 5) is 30.8. The average Bonchev–Trinajstić information content (AvgIpc) is 2.35. The smallest absolute Gasteiger partial charge is 0.339 e. The van der Waals surface area contributed by atoms with E-state index in [0.29, 0.717) is 19.6 Å². The third-order valence-corrected chi connectivity index (χ3v) is 1.60. The van der Waals surface area contributed by atoms with Crippen LogP contribution in [-0.4, -0.2) is 47.9 Å². The molecule has 110 valence electrons. The summed E-state index contributed by atoms with van der Waals surface area (Å²) in [5.41, 5.74) is 0.176. The quantitative estimate of drug-likeness (QED) is 0.302. The van der Waals surface area contributed by atoms with E-state index in [0.717, 1.165) is 0 Å². The van der Waals surface area contributed by atoms with Crippen molar-refractivity contribution in [1.29, 1.82) is 0 Å². The van der Waals surface area contributed by atoms with E-state index < -0.39 is 24.5 Å². The van der Waals surface area contributed by atoms with Crippen LogP contribution in [0.3, 0.4) is 0 Å². The fraction of sp³-hybridized carbons (Fsp3) is 0.583. The molecule has 0 aromatic carbocycles. The van der Waals surface area contributed by atoms with Crippen molar-refractivity contribution in [3.8, 4) is 0 Å². The minimum atomic E-state index is -0.935. The topological polar surface area (TPSA) is 110 Å². The number of carbonyl (C=O) groups excluding carboxylic acids is 2. The molecule has 0 aromatic rings. The summed E-state index contributed by atoms with van der Waals surface area (Å²) in [6.45, 7) is 6.76. The SMILES string of the molecule is C=C(C)C(=O)O.CCOCCCC(=O)OC(=O)CO. The van der Waals surface area contributed by atoms with Crippen LogP contribution in [0.15, 0.2) is 12.2 Å². The lowest BCUT2D eigenvalue weighted by molar-refractivity contribution is -0.161. The minimum absolute atomic E-state index is 0.131. The van der Waals surface area contributed by atoms with Crippen molar-refractivity contribution in [3.63, 3.8) is 0 Å². The molecule has 0 heterocycles. The summed E-state index contributed by atoms with van der Waals surface area (Å²) >= 11 is 0. The Morgan fingerprint density at radius 1 is 1.21 bits per heavy atom. The van der Waals surface area contributed by atoms with Crippen molar-refractivity contribution in [2.24, 2.45) is 0 Å². The molecule has 0 amide bonds. The van der Waals surface area contributed by atoms with Crippen molar-refractivity contribution < 1.29 is 34.1 Å². The molecule has 0 fully saturated rings. The molecule has 0 atom stereocenters. The molecule has 0 radical (unpaired) electrons. The number of hydrogen-bond acceptors (Lipinski definition) is 6. The molecular formula is C12H20O7. The molecule has 19 heavy (non-hydrogen) atoms. The van der Waals surface area contributed by atoms with E-state index in [2.05, 4.69) is 11.3 Å².